The van der Waals surface area contributed by atoms with E-state index in [1.165, 1.54) is 7.11 Å². The molecular weight excluding hydrogens is 929 g/mol. The third-order valence-electron chi connectivity index (χ3n) is 13.7. The van der Waals surface area contributed by atoms with Gasteiger partial charge in [0.2, 0.25) is 11.8 Å². The number of aromatic amines is 1. The van der Waals surface area contributed by atoms with Gasteiger partial charge in [0.1, 0.15) is 54.4 Å². The molecule has 3 aliphatic rings. The molecule has 2 fully saturated rings. The molecule has 1 spiro atoms. The molecule has 17 heteroatoms. The van der Waals surface area contributed by atoms with Gasteiger partial charge in [-0.25, -0.2) is 19.4 Å². The first-order chi connectivity index (χ1) is 35.8. The number of imide groups is 1. The van der Waals surface area contributed by atoms with Crippen molar-refractivity contribution >= 4 is 51.6 Å². The van der Waals surface area contributed by atoms with Crippen LogP contribution in [0.3, 0.4) is 0 Å². The van der Waals surface area contributed by atoms with Gasteiger partial charge in [0.05, 0.1) is 60.0 Å². The predicted octanol–water partition coefficient (Wildman–Crippen LogP) is 6.50. The number of esters is 1. The quantitative estimate of drug-likeness (QED) is 0.0643. The number of para-hydroxylation sites is 4. The number of aliphatic hydroxyl groups excluding tert-OH is 1. The highest BCUT2D eigenvalue weighted by molar-refractivity contribution is 6.23. The van der Waals surface area contributed by atoms with E-state index in [0.717, 1.165) is 15.9 Å². The van der Waals surface area contributed by atoms with Gasteiger partial charge in [0.25, 0.3) is 0 Å². The number of methoxy groups -OCH3 is 1. The van der Waals surface area contributed by atoms with Crippen LogP contribution in [0.5, 0.6) is 5.75 Å². The number of rotatable bonds is 13. The fourth-order valence-electron chi connectivity index (χ4n) is 10.8. The molecule has 0 aliphatic carbocycles. The van der Waals surface area contributed by atoms with Crippen molar-refractivity contribution in [2.24, 2.45) is 5.92 Å². The summed E-state index contributed by atoms with van der Waals surface area (Å²) < 4.78 is 25.6. The molecule has 3 N–H and O–H groups in total. The van der Waals surface area contributed by atoms with E-state index >= 15 is 14.4 Å². The number of ether oxygens (including phenoxy) is 4. The largest absolute Gasteiger partial charge is 0.491 e. The maximum absolute atomic E-state index is 16.6. The number of benzene rings is 6. The van der Waals surface area contributed by atoms with Gasteiger partial charge in [0.15, 0.2) is 0 Å². The normalized spacial score (nSPS) is 21.1. The van der Waals surface area contributed by atoms with E-state index in [9.17, 15) is 9.90 Å². The fraction of sp³-hybridized carbons (Fsp3) is 0.232. The second kappa shape index (κ2) is 19.8. The zero-order valence-corrected chi connectivity index (χ0v) is 39.5. The first-order valence-electron chi connectivity index (χ1n) is 23.9. The molecule has 2 aromatic heterocycles. The van der Waals surface area contributed by atoms with Crippen LogP contribution in [-0.2, 0) is 47.1 Å². The third-order valence-corrected chi connectivity index (χ3v) is 13.7. The number of morpholine rings is 1. The number of nitrogens with zero attached hydrogens (tertiary/aromatic N) is 6. The minimum Gasteiger partial charge on any atom is -0.491 e. The number of H-pyrrole nitrogens is 1. The molecule has 17 nitrogen and oxygen atoms in total. The summed E-state index contributed by atoms with van der Waals surface area (Å²) in [7, 11) is 1.46. The summed E-state index contributed by atoms with van der Waals surface area (Å²) in [6.45, 7) is -0.584. The van der Waals surface area contributed by atoms with Gasteiger partial charge >= 0.3 is 12.1 Å². The number of imidazole rings is 1. The molecule has 3 amide bonds. The maximum atomic E-state index is 16.6. The highest BCUT2D eigenvalue weighted by Crippen LogP contribution is 2.66. The third kappa shape index (κ3) is 8.20. The Hall–Kier alpha value is -8.69. The molecular formula is C56H48N8O9. The van der Waals surface area contributed by atoms with Crippen LogP contribution >= 0.6 is 0 Å². The van der Waals surface area contributed by atoms with Gasteiger partial charge in [0, 0.05) is 18.2 Å². The topological polar surface area (TPSA) is 203 Å². The van der Waals surface area contributed by atoms with Crippen molar-refractivity contribution in [2.45, 2.75) is 42.7 Å². The van der Waals surface area contributed by atoms with E-state index in [1.807, 2.05) is 114 Å². The number of carbonyl (C=O) groups is 4. The molecule has 6 atom stereocenters. The van der Waals surface area contributed by atoms with Crippen LogP contribution in [0.15, 0.2) is 152 Å². The number of aromatic nitrogens is 5. The fourth-order valence-corrected chi connectivity index (χ4v) is 10.8. The Morgan fingerprint density at radius 1 is 0.822 bits per heavy atom. The molecule has 6 aromatic carbocycles. The molecule has 0 bridgehead atoms. The lowest BCUT2D eigenvalue weighted by Gasteiger charge is -2.46. The summed E-state index contributed by atoms with van der Waals surface area (Å²) in [6, 6.07) is 42.1. The van der Waals surface area contributed by atoms with E-state index < -0.39 is 59.4 Å². The summed E-state index contributed by atoms with van der Waals surface area (Å²) in [6.07, 6.45) is -1.98. The minimum absolute atomic E-state index is 0.0354. The van der Waals surface area contributed by atoms with Crippen molar-refractivity contribution < 1.29 is 43.2 Å². The summed E-state index contributed by atoms with van der Waals surface area (Å²) in [4.78, 5) is 73.6. The molecule has 5 heterocycles. The Labute approximate surface area is 418 Å². The molecule has 11 rings (SSSR count). The Kier molecular flexibility index (Phi) is 12.7. The Morgan fingerprint density at radius 3 is 2.33 bits per heavy atom. The van der Waals surface area contributed by atoms with Crippen LogP contribution in [0.25, 0.3) is 22.1 Å². The highest BCUT2D eigenvalue weighted by Gasteiger charge is 2.76. The molecule has 3 aliphatic heterocycles. The second-order valence-corrected chi connectivity index (χ2v) is 17.8. The van der Waals surface area contributed by atoms with Gasteiger partial charge in [-0.3, -0.25) is 19.3 Å². The maximum Gasteiger partial charge on any atom is 0.421 e. The number of cyclic esters (lactones) is 1. The summed E-state index contributed by atoms with van der Waals surface area (Å²) >= 11 is 0. The molecule has 8 aromatic rings. The van der Waals surface area contributed by atoms with E-state index in [2.05, 4.69) is 32.5 Å². The van der Waals surface area contributed by atoms with Gasteiger partial charge in [-0.05, 0) is 65.2 Å². The lowest BCUT2D eigenvalue weighted by Crippen LogP contribution is -2.55. The average molecular weight is 977 g/mol. The van der Waals surface area contributed by atoms with Crippen molar-refractivity contribution in [3.05, 3.63) is 185 Å². The number of carbonyl (C=O) groups excluding carboxylic acids is 4. The summed E-state index contributed by atoms with van der Waals surface area (Å²) in [5, 5.41) is 21.8. The van der Waals surface area contributed by atoms with E-state index in [-0.39, 0.29) is 56.5 Å². The Bertz CT molecular complexity index is 3410. The van der Waals surface area contributed by atoms with Crippen LogP contribution < -0.4 is 15.0 Å². The second-order valence-electron chi connectivity index (χ2n) is 17.8. The number of aliphatic hydroxyl groups is 1. The SMILES string of the molecule is COCCOC(=O)N1C(=O)[C@@]2(c3cc(C#CCn4nnc5ccccc54)ccc31)[C@H](C(=O)NCc1nc3ccccc3[nH]1)[C@H]1C(=O)O[C@H](c3ccccc3)[C@H](c3ccccc3)N1[C@@H]2c1ccccc1OCCO. The van der Waals surface area contributed by atoms with Crippen molar-refractivity contribution in [3.8, 4) is 17.6 Å². The van der Waals surface area contributed by atoms with Gasteiger partial charge < -0.3 is 34.4 Å². The monoisotopic (exact) mass is 976 g/mol. The zero-order valence-electron chi connectivity index (χ0n) is 39.5. The zero-order chi connectivity index (χ0) is 50.1. The molecule has 0 unspecified atom stereocenters. The first-order valence-corrected chi connectivity index (χ1v) is 23.9. The van der Waals surface area contributed by atoms with Gasteiger partial charge in [-0.1, -0.05) is 120 Å². The van der Waals surface area contributed by atoms with Crippen LogP contribution in [0.2, 0.25) is 0 Å². The van der Waals surface area contributed by atoms with Crippen LogP contribution in [0, 0.1) is 17.8 Å². The number of hydrogen-bond donors (Lipinski definition) is 3. The number of fused-ring (bicyclic) bond motifs is 5. The first kappa shape index (κ1) is 46.7. The number of anilines is 1. The number of hydrogen-bond acceptors (Lipinski definition) is 13. The van der Waals surface area contributed by atoms with Gasteiger partial charge in [-0.2, -0.15) is 0 Å². The van der Waals surface area contributed by atoms with E-state index in [0.29, 0.717) is 39.1 Å². The van der Waals surface area contributed by atoms with Crippen LogP contribution in [0.1, 0.15) is 51.8 Å². The smallest absolute Gasteiger partial charge is 0.421 e. The van der Waals surface area contributed by atoms with Gasteiger partial charge in [-0.15, -0.1) is 5.10 Å². The summed E-state index contributed by atoms with van der Waals surface area (Å²) in [5.41, 5.74) is 3.35. The molecule has 0 saturated carbocycles. The number of nitrogens with one attached hydrogen (secondary N) is 2. The number of amides is 3. The standard InChI is InChI=1S/C56H48N8O9/c1-70-31-32-72-55(69)63-43-27-26-35(15-14-28-62-44-24-12-11-23-42(44)60-61-62)33-39(43)56(54(63)68)47(52(66)57-34-46-58-40-21-9-10-22-41(40)59-46)49-53(67)73-50(37-18-6-3-7-19-37)48(36-16-4-2-5-17-36)64(49)51(56)38-20-8-13-25-45(38)71-30-29-65/h2-13,16-27,33,47-51,65H,28-32,34H2,1H3,(H,57,66)(H,58,59)/t47-,48-,49-,50+,51+,56-/m0/s1. The van der Waals surface area contributed by atoms with Crippen molar-refractivity contribution in [1.82, 2.24) is 35.2 Å². The minimum atomic E-state index is -2.14. The van der Waals surface area contributed by atoms with Crippen molar-refractivity contribution in [3.63, 3.8) is 0 Å². The lowest BCUT2D eigenvalue weighted by atomic mass is 9.65. The Balaban J connectivity index is 1.17. The predicted molar refractivity (Wildman–Crippen MR) is 267 cm³/mol. The van der Waals surface area contributed by atoms with E-state index in [4.69, 9.17) is 23.9 Å². The Morgan fingerprint density at radius 2 is 1.55 bits per heavy atom. The van der Waals surface area contributed by atoms with E-state index in [1.54, 1.807) is 47.1 Å². The molecule has 0 radical (unpaired) electrons. The lowest BCUT2D eigenvalue weighted by molar-refractivity contribution is -0.178. The molecule has 2 saturated heterocycles. The van der Waals surface area contributed by atoms with Crippen molar-refractivity contribution in [2.75, 3.05) is 38.4 Å². The van der Waals surface area contributed by atoms with Crippen LogP contribution in [0.4, 0.5) is 10.5 Å². The molecule has 73 heavy (non-hydrogen) atoms. The highest BCUT2D eigenvalue weighted by atomic mass is 16.6. The average Bonchev–Trinajstić information content (AvgIpc) is 4.18. The summed E-state index contributed by atoms with van der Waals surface area (Å²) in [5.74, 6) is 3.23. The molecule has 366 valence electrons. The van der Waals surface area contributed by atoms with Crippen LogP contribution in [-0.4, -0.2) is 98.4 Å². The van der Waals surface area contributed by atoms with Crippen molar-refractivity contribution in [1.29, 1.82) is 0 Å².